The Morgan fingerprint density at radius 1 is 1.00 bits per heavy atom. The SMILES string of the molecule is COc1ccc(OCCN(C)C(=O)c2ccc3ccccc3n2)cc1. The molecule has 25 heavy (non-hydrogen) atoms. The van der Waals surface area contributed by atoms with E-state index in [1.165, 1.54) is 0 Å². The van der Waals surface area contributed by atoms with E-state index in [1.54, 1.807) is 25.1 Å². The van der Waals surface area contributed by atoms with E-state index in [0.717, 1.165) is 22.4 Å². The van der Waals surface area contributed by atoms with Gasteiger partial charge >= 0.3 is 0 Å². The molecule has 1 amide bonds. The monoisotopic (exact) mass is 336 g/mol. The van der Waals surface area contributed by atoms with Gasteiger partial charge in [-0.3, -0.25) is 4.79 Å². The molecule has 0 aliphatic rings. The first kappa shape index (κ1) is 16.8. The average Bonchev–Trinajstić information content (AvgIpc) is 2.67. The Balaban J connectivity index is 1.57. The summed E-state index contributed by atoms with van der Waals surface area (Å²) in [6.45, 7) is 0.877. The van der Waals surface area contributed by atoms with Crippen molar-refractivity contribution in [1.29, 1.82) is 0 Å². The third kappa shape index (κ3) is 4.07. The van der Waals surface area contributed by atoms with Crippen LogP contribution < -0.4 is 9.47 Å². The minimum absolute atomic E-state index is 0.121. The number of likely N-dealkylation sites (N-methyl/N-ethyl adjacent to an activating group) is 1. The fraction of sp³-hybridized carbons (Fsp3) is 0.200. The van der Waals surface area contributed by atoms with Gasteiger partial charge in [0.15, 0.2) is 0 Å². The zero-order valence-electron chi connectivity index (χ0n) is 14.3. The molecule has 3 aromatic rings. The number of hydrogen-bond acceptors (Lipinski definition) is 4. The summed E-state index contributed by atoms with van der Waals surface area (Å²) in [5.41, 5.74) is 1.25. The van der Waals surface area contributed by atoms with Crippen molar-refractivity contribution in [3.8, 4) is 11.5 Å². The fourth-order valence-electron chi connectivity index (χ4n) is 2.45. The van der Waals surface area contributed by atoms with Gasteiger partial charge in [-0.25, -0.2) is 4.98 Å². The third-order valence-electron chi connectivity index (χ3n) is 3.92. The number of methoxy groups -OCH3 is 1. The molecule has 0 aliphatic carbocycles. The van der Waals surface area contributed by atoms with Crippen LogP contribution in [-0.2, 0) is 0 Å². The molecular formula is C20H20N2O3. The topological polar surface area (TPSA) is 51.7 Å². The number of hydrogen-bond donors (Lipinski definition) is 0. The summed E-state index contributed by atoms with van der Waals surface area (Å²) >= 11 is 0. The molecule has 0 aliphatic heterocycles. The molecular weight excluding hydrogens is 316 g/mol. The predicted molar refractivity (Wildman–Crippen MR) is 97.2 cm³/mol. The quantitative estimate of drug-likeness (QED) is 0.692. The second-order valence-corrected chi connectivity index (χ2v) is 5.64. The number of nitrogens with zero attached hydrogens (tertiary/aromatic N) is 2. The second-order valence-electron chi connectivity index (χ2n) is 5.64. The number of benzene rings is 2. The summed E-state index contributed by atoms with van der Waals surface area (Å²) < 4.78 is 10.8. The number of pyridine rings is 1. The van der Waals surface area contributed by atoms with Crippen LogP contribution in [0, 0.1) is 0 Å². The van der Waals surface area contributed by atoms with Crippen molar-refractivity contribution < 1.29 is 14.3 Å². The summed E-state index contributed by atoms with van der Waals surface area (Å²) in [5, 5.41) is 1.02. The van der Waals surface area contributed by atoms with Crippen molar-refractivity contribution in [2.45, 2.75) is 0 Å². The first-order valence-electron chi connectivity index (χ1n) is 8.05. The van der Waals surface area contributed by atoms with E-state index in [1.807, 2.05) is 54.6 Å². The van der Waals surface area contributed by atoms with Gasteiger partial charge < -0.3 is 14.4 Å². The van der Waals surface area contributed by atoms with Gasteiger partial charge in [0.05, 0.1) is 19.2 Å². The highest BCUT2D eigenvalue weighted by Crippen LogP contribution is 2.17. The minimum atomic E-state index is -0.121. The largest absolute Gasteiger partial charge is 0.497 e. The lowest BCUT2D eigenvalue weighted by atomic mass is 10.2. The Morgan fingerprint density at radius 2 is 1.72 bits per heavy atom. The Kier molecular flexibility index (Phi) is 5.14. The Morgan fingerprint density at radius 3 is 2.48 bits per heavy atom. The third-order valence-corrected chi connectivity index (χ3v) is 3.92. The fourth-order valence-corrected chi connectivity index (χ4v) is 2.45. The predicted octanol–water partition coefficient (Wildman–Crippen LogP) is 3.39. The standard InChI is InChI=1S/C20H20N2O3/c1-22(13-14-25-17-10-8-16(24-2)9-11-17)20(23)19-12-7-15-5-3-4-6-18(15)21-19/h3-12H,13-14H2,1-2H3. The Bertz CT molecular complexity index is 862. The molecule has 0 saturated carbocycles. The lowest BCUT2D eigenvalue weighted by Gasteiger charge is -2.17. The first-order chi connectivity index (χ1) is 12.2. The molecule has 2 aromatic carbocycles. The van der Waals surface area contributed by atoms with Crippen LogP contribution in [0.5, 0.6) is 11.5 Å². The molecule has 1 heterocycles. The van der Waals surface area contributed by atoms with Crippen molar-refractivity contribution in [3.05, 3.63) is 66.4 Å². The number of fused-ring (bicyclic) bond motifs is 1. The van der Waals surface area contributed by atoms with E-state index in [0.29, 0.717) is 18.8 Å². The number of para-hydroxylation sites is 1. The molecule has 5 heteroatoms. The molecule has 0 N–H and O–H groups in total. The molecule has 0 bridgehead atoms. The van der Waals surface area contributed by atoms with Gasteiger partial charge in [0.2, 0.25) is 0 Å². The number of carbonyl (C=O) groups is 1. The minimum Gasteiger partial charge on any atom is -0.497 e. The van der Waals surface area contributed by atoms with Crippen molar-refractivity contribution in [2.75, 3.05) is 27.3 Å². The number of aromatic nitrogens is 1. The highest BCUT2D eigenvalue weighted by atomic mass is 16.5. The van der Waals surface area contributed by atoms with E-state index in [9.17, 15) is 4.79 Å². The van der Waals surface area contributed by atoms with Gasteiger partial charge in [-0.05, 0) is 36.4 Å². The maximum absolute atomic E-state index is 12.5. The molecule has 5 nitrogen and oxygen atoms in total. The maximum Gasteiger partial charge on any atom is 0.272 e. The zero-order valence-corrected chi connectivity index (χ0v) is 14.3. The Labute approximate surface area is 146 Å². The summed E-state index contributed by atoms with van der Waals surface area (Å²) in [4.78, 5) is 18.6. The van der Waals surface area contributed by atoms with E-state index >= 15 is 0 Å². The zero-order chi connectivity index (χ0) is 17.6. The molecule has 0 fully saturated rings. The molecule has 0 unspecified atom stereocenters. The molecule has 0 saturated heterocycles. The van der Waals surface area contributed by atoms with Gasteiger partial charge in [-0.15, -0.1) is 0 Å². The number of carbonyl (C=O) groups excluding carboxylic acids is 1. The molecule has 128 valence electrons. The summed E-state index contributed by atoms with van der Waals surface area (Å²) in [6.07, 6.45) is 0. The van der Waals surface area contributed by atoms with Gasteiger partial charge in [-0.2, -0.15) is 0 Å². The summed E-state index contributed by atoms with van der Waals surface area (Å²) in [7, 11) is 3.37. The van der Waals surface area contributed by atoms with Gasteiger partial charge in [0, 0.05) is 12.4 Å². The van der Waals surface area contributed by atoms with Crippen LogP contribution in [0.25, 0.3) is 10.9 Å². The van der Waals surface area contributed by atoms with E-state index in [2.05, 4.69) is 4.98 Å². The van der Waals surface area contributed by atoms with Crippen molar-refractivity contribution in [3.63, 3.8) is 0 Å². The molecule has 1 aromatic heterocycles. The number of rotatable bonds is 6. The van der Waals surface area contributed by atoms with Crippen LogP contribution in [-0.4, -0.2) is 43.1 Å². The van der Waals surface area contributed by atoms with E-state index in [4.69, 9.17) is 9.47 Å². The van der Waals surface area contributed by atoms with Crippen molar-refractivity contribution >= 4 is 16.8 Å². The second kappa shape index (κ2) is 7.66. The molecule has 0 atom stereocenters. The highest BCUT2D eigenvalue weighted by molar-refractivity contribution is 5.94. The molecule has 3 rings (SSSR count). The highest BCUT2D eigenvalue weighted by Gasteiger charge is 2.13. The van der Waals surface area contributed by atoms with Crippen LogP contribution in [0.1, 0.15) is 10.5 Å². The summed E-state index contributed by atoms with van der Waals surface area (Å²) in [5.74, 6) is 1.40. The van der Waals surface area contributed by atoms with Gasteiger partial charge in [0.25, 0.3) is 5.91 Å². The van der Waals surface area contributed by atoms with E-state index < -0.39 is 0 Å². The van der Waals surface area contributed by atoms with Crippen molar-refractivity contribution in [1.82, 2.24) is 9.88 Å². The normalized spacial score (nSPS) is 10.5. The summed E-state index contributed by atoms with van der Waals surface area (Å²) in [6, 6.07) is 18.8. The number of ether oxygens (including phenoxy) is 2. The van der Waals surface area contributed by atoms with E-state index in [-0.39, 0.29) is 5.91 Å². The van der Waals surface area contributed by atoms with Crippen molar-refractivity contribution in [2.24, 2.45) is 0 Å². The van der Waals surface area contributed by atoms with Crippen LogP contribution in [0.3, 0.4) is 0 Å². The van der Waals surface area contributed by atoms with Gasteiger partial charge in [-0.1, -0.05) is 24.3 Å². The molecule has 0 spiro atoms. The smallest absolute Gasteiger partial charge is 0.272 e. The average molecular weight is 336 g/mol. The maximum atomic E-state index is 12.5. The lowest BCUT2D eigenvalue weighted by Crippen LogP contribution is -2.31. The molecule has 0 radical (unpaired) electrons. The van der Waals surface area contributed by atoms with Crippen LogP contribution in [0.4, 0.5) is 0 Å². The van der Waals surface area contributed by atoms with Crippen LogP contribution >= 0.6 is 0 Å². The van der Waals surface area contributed by atoms with Gasteiger partial charge in [0.1, 0.15) is 23.8 Å². The van der Waals surface area contributed by atoms with Crippen LogP contribution in [0.15, 0.2) is 60.7 Å². The lowest BCUT2D eigenvalue weighted by molar-refractivity contribution is 0.0768. The van der Waals surface area contributed by atoms with Crippen LogP contribution in [0.2, 0.25) is 0 Å². The Hall–Kier alpha value is -3.08. The number of amides is 1. The first-order valence-corrected chi connectivity index (χ1v) is 8.05.